The minimum atomic E-state index is -4.10. The Morgan fingerprint density at radius 2 is 1.60 bits per heavy atom. The van der Waals surface area contributed by atoms with Gasteiger partial charge in [0.05, 0.1) is 16.1 Å². The summed E-state index contributed by atoms with van der Waals surface area (Å²) in [7, 11) is -4.10. The van der Waals surface area contributed by atoms with Gasteiger partial charge in [0, 0.05) is 0 Å². The molecule has 130 valence electrons. The molecule has 0 heterocycles. The van der Waals surface area contributed by atoms with Crippen molar-refractivity contribution in [1.82, 2.24) is 0 Å². The number of hydrogen-bond acceptors (Lipinski definition) is 5. The van der Waals surface area contributed by atoms with Gasteiger partial charge in [0.25, 0.3) is 10.0 Å². The number of carbonyl (C=O) groups is 3. The summed E-state index contributed by atoms with van der Waals surface area (Å²) in [5, 5.41) is 8.93. The minimum Gasteiger partial charge on any atom is -0.478 e. The topological polar surface area (TPSA) is 109 Å². The number of rotatable bonds is 7. The number of ketones is 1. The molecule has 0 aliphatic rings. The highest BCUT2D eigenvalue weighted by atomic mass is 32.2. The molecule has 0 radical (unpaired) electrons. The Morgan fingerprint density at radius 3 is 2.08 bits per heavy atom. The van der Waals surface area contributed by atoms with E-state index in [0.717, 1.165) is 9.87 Å². The smallest absolute Gasteiger partial charge is 0.335 e. The molecule has 8 heteroatoms. The normalized spacial score (nSPS) is 10.9. The molecule has 0 saturated heterocycles. The lowest BCUT2D eigenvalue weighted by Gasteiger charge is -2.23. The second-order valence-electron chi connectivity index (χ2n) is 5.26. The summed E-state index contributed by atoms with van der Waals surface area (Å²) in [4.78, 5) is 33.1. The van der Waals surface area contributed by atoms with Gasteiger partial charge in [-0.2, -0.15) is 0 Å². The third-order valence-corrected chi connectivity index (χ3v) is 5.23. The van der Waals surface area contributed by atoms with E-state index in [1.54, 1.807) is 19.1 Å². The molecule has 0 amide bonds. The fraction of sp³-hybridized carbons (Fsp3) is 0.118. The van der Waals surface area contributed by atoms with Gasteiger partial charge in [0.1, 0.15) is 6.54 Å². The summed E-state index contributed by atoms with van der Waals surface area (Å²) >= 11 is 0. The predicted octanol–water partition coefficient (Wildman–Crippen LogP) is 1.66. The lowest BCUT2D eigenvalue weighted by atomic mass is 10.2. The van der Waals surface area contributed by atoms with Gasteiger partial charge in [-0.3, -0.25) is 13.9 Å². The number of nitrogens with zero attached hydrogens (tertiary/aromatic N) is 1. The molecule has 0 bridgehead atoms. The van der Waals surface area contributed by atoms with Crippen molar-refractivity contribution in [2.75, 3.05) is 10.8 Å². The molecule has 25 heavy (non-hydrogen) atoms. The van der Waals surface area contributed by atoms with Crippen LogP contribution in [0.1, 0.15) is 15.9 Å². The Balaban J connectivity index is 2.51. The number of aryl methyl sites for hydroxylation is 1. The van der Waals surface area contributed by atoms with E-state index in [9.17, 15) is 22.8 Å². The van der Waals surface area contributed by atoms with Crippen molar-refractivity contribution in [3.05, 3.63) is 59.7 Å². The monoisotopic (exact) mass is 361 g/mol. The highest BCUT2D eigenvalue weighted by Gasteiger charge is 2.27. The number of anilines is 1. The van der Waals surface area contributed by atoms with Crippen molar-refractivity contribution in [2.45, 2.75) is 11.8 Å². The van der Waals surface area contributed by atoms with E-state index in [4.69, 9.17) is 5.11 Å². The molecule has 0 aromatic heterocycles. The maximum atomic E-state index is 12.9. The largest absolute Gasteiger partial charge is 0.478 e. The first-order valence-corrected chi connectivity index (χ1v) is 8.60. The number of Topliss-reactive ketones (excluding diaryl/α,β-unsaturated/α-hetero) is 1. The molecule has 0 saturated carbocycles. The van der Waals surface area contributed by atoms with Crippen LogP contribution in [-0.4, -0.2) is 38.1 Å². The lowest BCUT2D eigenvalue weighted by molar-refractivity contribution is -0.128. The number of hydrogen-bond donors (Lipinski definition) is 1. The van der Waals surface area contributed by atoms with Crippen molar-refractivity contribution < 1.29 is 27.9 Å². The highest BCUT2D eigenvalue weighted by Crippen LogP contribution is 2.24. The predicted molar refractivity (Wildman–Crippen MR) is 90.2 cm³/mol. The average molecular weight is 361 g/mol. The van der Waals surface area contributed by atoms with Crippen molar-refractivity contribution in [1.29, 1.82) is 0 Å². The fourth-order valence-corrected chi connectivity index (χ4v) is 3.53. The van der Waals surface area contributed by atoms with Crippen LogP contribution in [0.25, 0.3) is 0 Å². The van der Waals surface area contributed by atoms with Crippen LogP contribution in [0.15, 0.2) is 53.4 Å². The van der Waals surface area contributed by atoms with Crippen LogP contribution < -0.4 is 4.31 Å². The van der Waals surface area contributed by atoms with E-state index in [-0.39, 0.29) is 22.4 Å². The van der Waals surface area contributed by atoms with Crippen molar-refractivity contribution >= 4 is 33.7 Å². The Hall–Kier alpha value is -3.00. The molecule has 0 unspecified atom stereocenters. The molecule has 0 fully saturated rings. The zero-order valence-corrected chi connectivity index (χ0v) is 14.1. The van der Waals surface area contributed by atoms with Crippen LogP contribution >= 0.6 is 0 Å². The van der Waals surface area contributed by atoms with Crippen LogP contribution in [0.4, 0.5) is 5.69 Å². The summed E-state index contributed by atoms with van der Waals surface area (Å²) in [6, 6.07) is 11.0. The Morgan fingerprint density at radius 1 is 1.04 bits per heavy atom. The number of aromatic carboxylic acids is 1. The molecule has 0 aliphatic heterocycles. The summed E-state index contributed by atoms with van der Waals surface area (Å²) in [5.74, 6) is -2.08. The van der Waals surface area contributed by atoms with Crippen LogP contribution in [0, 0.1) is 6.92 Å². The van der Waals surface area contributed by atoms with Gasteiger partial charge in [-0.15, -0.1) is 0 Å². The summed E-state index contributed by atoms with van der Waals surface area (Å²) in [6.45, 7) is 1.13. The number of carboxylic acids is 1. The molecule has 0 atom stereocenters. The van der Waals surface area contributed by atoms with Crippen LogP contribution in [0.5, 0.6) is 0 Å². The Labute approximate surface area is 144 Å². The minimum absolute atomic E-state index is 0.0295. The number of sulfonamides is 1. The molecule has 2 aromatic rings. The van der Waals surface area contributed by atoms with Gasteiger partial charge in [-0.05, 0) is 43.3 Å². The maximum absolute atomic E-state index is 12.9. The lowest BCUT2D eigenvalue weighted by Crippen LogP contribution is -2.36. The first-order chi connectivity index (χ1) is 11.8. The molecular formula is C17H15NO6S. The zero-order chi connectivity index (χ0) is 18.6. The maximum Gasteiger partial charge on any atom is 0.335 e. The Kier molecular flexibility index (Phi) is 5.33. The molecular weight excluding hydrogens is 346 g/mol. The average Bonchev–Trinajstić information content (AvgIpc) is 2.59. The highest BCUT2D eigenvalue weighted by molar-refractivity contribution is 7.92. The van der Waals surface area contributed by atoms with Crippen molar-refractivity contribution in [2.24, 2.45) is 0 Å². The van der Waals surface area contributed by atoms with E-state index < -0.39 is 28.3 Å². The molecule has 7 nitrogen and oxygen atoms in total. The molecule has 0 aliphatic carbocycles. The van der Waals surface area contributed by atoms with Gasteiger partial charge in [-0.1, -0.05) is 17.7 Å². The van der Waals surface area contributed by atoms with Gasteiger partial charge in [-0.25, -0.2) is 13.2 Å². The number of aldehydes is 1. The van der Waals surface area contributed by atoms with Gasteiger partial charge in [0.2, 0.25) is 5.78 Å². The summed E-state index contributed by atoms with van der Waals surface area (Å²) in [5.41, 5.74) is 0.916. The van der Waals surface area contributed by atoms with E-state index >= 15 is 0 Å². The second-order valence-corrected chi connectivity index (χ2v) is 7.12. The van der Waals surface area contributed by atoms with Crippen LogP contribution in [0.3, 0.4) is 0 Å². The Bertz CT molecular complexity index is 901. The number of carbonyl (C=O) groups excluding carboxylic acids is 2. The van der Waals surface area contributed by atoms with Gasteiger partial charge < -0.3 is 5.11 Å². The number of carboxylic acid groups (broad SMARTS) is 1. The third-order valence-electron chi connectivity index (χ3n) is 3.44. The SMILES string of the molecule is Cc1ccc(S(=O)(=O)N(CC(=O)C=O)c2ccc(C(=O)O)cc2)cc1. The summed E-state index contributed by atoms with van der Waals surface area (Å²) in [6.07, 6.45) is 0.0449. The molecule has 2 aromatic carbocycles. The van der Waals surface area contributed by atoms with Gasteiger partial charge in [0.15, 0.2) is 6.29 Å². The van der Waals surface area contributed by atoms with E-state index in [0.29, 0.717) is 0 Å². The molecule has 0 spiro atoms. The van der Waals surface area contributed by atoms with Gasteiger partial charge >= 0.3 is 5.97 Å². The van der Waals surface area contributed by atoms with Crippen molar-refractivity contribution in [3.63, 3.8) is 0 Å². The fourth-order valence-electron chi connectivity index (χ4n) is 2.10. The molecule has 1 N–H and O–H groups in total. The quantitative estimate of drug-likeness (QED) is 0.593. The second kappa shape index (κ2) is 7.27. The first-order valence-electron chi connectivity index (χ1n) is 7.16. The first kappa shape index (κ1) is 18.3. The number of benzene rings is 2. The standard InChI is InChI=1S/C17H15NO6S/c1-12-2-8-16(9-3-12)25(23,24)18(10-15(20)11-19)14-6-4-13(5-7-14)17(21)22/h2-9,11H,10H2,1H3,(H,21,22). The molecule has 2 rings (SSSR count). The van der Waals surface area contributed by atoms with E-state index in [1.165, 1.54) is 36.4 Å². The summed E-state index contributed by atoms with van der Waals surface area (Å²) < 4.78 is 26.5. The van der Waals surface area contributed by atoms with E-state index in [2.05, 4.69) is 0 Å². The van der Waals surface area contributed by atoms with Crippen LogP contribution in [0.2, 0.25) is 0 Å². The third kappa shape index (κ3) is 4.10. The van der Waals surface area contributed by atoms with Crippen molar-refractivity contribution in [3.8, 4) is 0 Å². The van der Waals surface area contributed by atoms with Crippen LogP contribution in [-0.2, 0) is 19.6 Å². The van der Waals surface area contributed by atoms with E-state index in [1.807, 2.05) is 0 Å². The zero-order valence-electron chi connectivity index (χ0n) is 13.2.